The van der Waals surface area contributed by atoms with Gasteiger partial charge in [0.05, 0.1) is 4.92 Å². The first-order valence-electron chi connectivity index (χ1n) is 11.1. The first-order valence-corrected chi connectivity index (χ1v) is 11.5. The molecule has 1 fully saturated rings. The van der Waals surface area contributed by atoms with Gasteiger partial charge in [0.1, 0.15) is 5.69 Å². The number of amides is 1. The van der Waals surface area contributed by atoms with Gasteiger partial charge in [-0.2, -0.15) is 0 Å². The van der Waals surface area contributed by atoms with E-state index in [1.165, 1.54) is 6.07 Å². The van der Waals surface area contributed by atoms with Crippen LogP contribution >= 0.6 is 11.6 Å². The Balaban J connectivity index is 1.43. The number of aryl methyl sites for hydroxylation is 1. The molecule has 0 radical (unpaired) electrons. The van der Waals surface area contributed by atoms with E-state index in [4.69, 9.17) is 11.6 Å². The lowest BCUT2D eigenvalue weighted by atomic mass is 9.83. The smallest absolute Gasteiger partial charge is 0.293 e. The topological polar surface area (TPSA) is 97.5 Å². The minimum Gasteiger partial charge on any atom is -0.365 e. The number of pyridine rings is 1. The molecule has 2 atom stereocenters. The molecular formula is C25H23ClN4O4. The first-order chi connectivity index (χ1) is 16.3. The van der Waals surface area contributed by atoms with Crippen molar-refractivity contribution >= 4 is 34.6 Å². The van der Waals surface area contributed by atoms with E-state index in [1.807, 2.05) is 22.5 Å². The molecule has 1 amide bonds. The molecule has 0 saturated carbocycles. The van der Waals surface area contributed by atoms with Crippen molar-refractivity contribution in [2.24, 2.45) is 5.92 Å². The van der Waals surface area contributed by atoms with E-state index in [1.54, 1.807) is 42.5 Å². The van der Waals surface area contributed by atoms with Gasteiger partial charge < -0.3 is 14.8 Å². The van der Waals surface area contributed by atoms with Gasteiger partial charge in [-0.1, -0.05) is 23.7 Å². The highest BCUT2D eigenvalue weighted by Gasteiger charge is 2.36. The highest BCUT2D eigenvalue weighted by atomic mass is 35.5. The van der Waals surface area contributed by atoms with Gasteiger partial charge in [0.15, 0.2) is 0 Å². The van der Waals surface area contributed by atoms with E-state index in [0.717, 1.165) is 17.7 Å². The van der Waals surface area contributed by atoms with Crippen molar-refractivity contribution in [2.45, 2.75) is 25.8 Å². The number of piperidine rings is 1. The largest absolute Gasteiger partial charge is 0.365 e. The van der Waals surface area contributed by atoms with Crippen LogP contribution in [0.4, 0.5) is 17.1 Å². The molecule has 1 N–H and O–H groups in total. The molecule has 3 aromatic rings. The number of nitro groups is 1. The van der Waals surface area contributed by atoms with Crippen LogP contribution in [0, 0.1) is 23.0 Å². The molecule has 8 nitrogen and oxygen atoms in total. The molecule has 2 aromatic carbocycles. The fourth-order valence-electron chi connectivity index (χ4n) is 5.09. The van der Waals surface area contributed by atoms with E-state index < -0.39 is 10.8 Å². The SMILES string of the molecule is Cc1ccc(Cl)cc1NC(=O)c1ccc(N2C[C@H]3C[C@@H](C2)c2cccc(=O)n2C3)c([N+](=O)[O-])c1. The lowest BCUT2D eigenvalue weighted by Crippen LogP contribution is -2.47. The normalized spacial score (nSPS) is 18.8. The quantitative estimate of drug-likeness (QED) is 0.436. The Morgan fingerprint density at radius 2 is 1.94 bits per heavy atom. The summed E-state index contributed by atoms with van der Waals surface area (Å²) in [7, 11) is 0. The number of aromatic nitrogens is 1. The zero-order chi connectivity index (χ0) is 24.0. The number of nitrogens with zero attached hydrogens (tertiary/aromatic N) is 3. The summed E-state index contributed by atoms with van der Waals surface area (Å²) < 4.78 is 1.83. The Bertz CT molecular complexity index is 1370. The molecule has 9 heteroatoms. The monoisotopic (exact) mass is 478 g/mol. The molecule has 0 aliphatic carbocycles. The van der Waals surface area contributed by atoms with Gasteiger partial charge in [0, 0.05) is 59.7 Å². The second-order valence-corrected chi connectivity index (χ2v) is 9.41. The van der Waals surface area contributed by atoms with E-state index >= 15 is 0 Å². The number of anilines is 2. The van der Waals surface area contributed by atoms with E-state index in [0.29, 0.717) is 36.0 Å². The molecule has 2 bridgehead atoms. The number of fused-ring (bicyclic) bond motifs is 4. The van der Waals surface area contributed by atoms with Crippen molar-refractivity contribution in [1.29, 1.82) is 0 Å². The van der Waals surface area contributed by atoms with Gasteiger partial charge in [-0.3, -0.25) is 19.7 Å². The molecule has 1 aromatic heterocycles. The van der Waals surface area contributed by atoms with Gasteiger partial charge in [-0.25, -0.2) is 0 Å². The van der Waals surface area contributed by atoms with Crippen LogP contribution in [0.1, 0.15) is 34.0 Å². The van der Waals surface area contributed by atoms with Crippen LogP contribution < -0.4 is 15.8 Å². The first kappa shape index (κ1) is 22.2. The molecular weight excluding hydrogens is 456 g/mol. The van der Waals surface area contributed by atoms with Gasteiger partial charge >= 0.3 is 0 Å². The number of hydrogen-bond donors (Lipinski definition) is 1. The Morgan fingerprint density at radius 1 is 1.12 bits per heavy atom. The predicted octanol–water partition coefficient (Wildman–Crippen LogP) is 4.59. The third-order valence-electron chi connectivity index (χ3n) is 6.70. The van der Waals surface area contributed by atoms with Crippen molar-refractivity contribution < 1.29 is 9.72 Å². The van der Waals surface area contributed by atoms with Crippen molar-refractivity contribution in [2.75, 3.05) is 23.3 Å². The van der Waals surface area contributed by atoms with E-state index in [9.17, 15) is 19.7 Å². The third-order valence-corrected chi connectivity index (χ3v) is 6.94. The zero-order valence-corrected chi connectivity index (χ0v) is 19.3. The fraction of sp³-hybridized carbons (Fsp3) is 0.280. The van der Waals surface area contributed by atoms with Gasteiger partial charge in [0.2, 0.25) is 0 Å². The molecule has 0 unspecified atom stereocenters. The van der Waals surface area contributed by atoms with E-state index in [-0.39, 0.29) is 28.6 Å². The number of nitrogens with one attached hydrogen (secondary N) is 1. The van der Waals surface area contributed by atoms with Crippen LogP contribution in [-0.2, 0) is 6.54 Å². The summed E-state index contributed by atoms with van der Waals surface area (Å²) in [6.07, 6.45) is 0.952. The Morgan fingerprint density at radius 3 is 2.74 bits per heavy atom. The molecule has 2 aliphatic heterocycles. The number of carbonyl (C=O) groups excluding carboxylic acids is 1. The summed E-state index contributed by atoms with van der Waals surface area (Å²) >= 11 is 6.04. The van der Waals surface area contributed by atoms with Crippen LogP contribution in [0.15, 0.2) is 59.4 Å². The van der Waals surface area contributed by atoms with Crippen molar-refractivity contribution in [3.05, 3.63) is 96.9 Å². The molecule has 34 heavy (non-hydrogen) atoms. The van der Waals surface area contributed by atoms with Gasteiger partial charge in [-0.05, 0) is 55.2 Å². The minimum atomic E-state index is -0.445. The highest BCUT2D eigenvalue weighted by Crippen LogP contribution is 2.40. The molecule has 2 aliphatic rings. The number of halogens is 1. The van der Waals surface area contributed by atoms with Gasteiger partial charge in [-0.15, -0.1) is 0 Å². The number of hydrogen-bond acceptors (Lipinski definition) is 5. The van der Waals surface area contributed by atoms with Gasteiger partial charge in [0.25, 0.3) is 17.2 Å². The number of carbonyl (C=O) groups is 1. The molecule has 0 spiro atoms. The van der Waals surface area contributed by atoms with E-state index in [2.05, 4.69) is 5.32 Å². The summed E-state index contributed by atoms with van der Waals surface area (Å²) in [5.41, 5.74) is 2.94. The summed E-state index contributed by atoms with van der Waals surface area (Å²) in [5, 5.41) is 15.2. The standard InChI is InChI=1S/C25H23ClN4O4/c1-15-5-7-19(26)11-20(15)27-25(32)17-6-8-22(23(10-17)30(33)34)28-12-16-9-18(14-28)21-3-2-4-24(31)29(21)13-16/h2-8,10-11,16,18H,9,12-14H2,1H3,(H,27,32)/t16-,18+/m1/s1. The lowest BCUT2D eigenvalue weighted by molar-refractivity contribution is -0.384. The van der Waals surface area contributed by atoms with Crippen molar-refractivity contribution in [1.82, 2.24) is 4.57 Å². The average molecular weight is 479 g/mol. The minimum absolute atomic E-state index is 0.00284. The maximum Gasteiger partial charge on any atom is 0.293 e. The van der Waals surface area contributed by atoms with Crippen LogP contribution in [0.3, 0.4) is 0 Å². The maximum atomic E-state index is 12.8. The molecule has 1 saturated heterocycles. The Kier molecular flexibility index (Phi) is 5.61. The van der Waals surface area contributed by atoms with Crippen molar-refractivity contribution in [3.63, 3.8) is 0 Å². The summed E-state index contributed by atoms with van der Waals surface area (Å²) in [6, 6.07) is 15.1. The second kappa shape index (κ2) is 8.61. The van der Waals surface area contributed by atoms with Crippen LogP contribution in [0.25, 0.3) is 0 Å². The number of rotatable bonds is 4. The fourth-order valence-corrected chi connectivity index (χ4v) is 5.27. The summed E-state index contributed by atoms with van der Waals surface area (Å²) in [4.78, 5) is 38.7. The van der Waals surface area contributed by atoms with Crippen molar-refractivity contribution in [3.8, 4) is 0 Å². The van der Waals surface area contributed by atoms with Crippen LogP contribution in [-0.4, -0.2) is 28.5 Å². The summed E-state index contributed by atoms with van der Waals surface area (Å²) in [5.74, 6) is -0.0988. The number of benzene rings is 2. The highest BCUT2D eigenvalue weighted by molar-refractivity contribution is 6.31. The average Bonchev–Trinajstić information content (AvgIpc) is 2.81. The molecule has 5 rings (SSSR count). The third kappa shape index (κ3) is 4.05. The lowest BCUT2D eigenvalue weighted by Gasteiger charge is -2.43. The summed E-state index contributed by atoms with van der Waals surface area (Å²) in [6.45, 7) is 3.64. The van der Waals surface area contributed by atoms with Crippen LogP contribution in [0.5, 0.6) is 0 Å². The Hall–Kier alpha value is -3.65. The number of nitro benzene ring substituents is 1. The molecule has 174 valence electrons. The second-order valence-electron chi connectivity index (χ2n) is 8.98. The maximum absolute atomic E-state index is 12.8. The Labute approximate surface area is 200 Å². The van der Waals surface area contributed by atoms with Crippen LogP contribution in [0.2, 0.25) is 5.02 Å². The molecule has 3 heterocycles. The zero-order valence-electron chi connectivity index (χ0n) is 18.5. The predicted molar refractivity (Wildman–Crippen MR) is 131 cm³/mol.